The Morgan fingerprint density at radius 2 is 1.55 bits per heavy atom. The molecule has 0 saturated carbocycles. The number of hydrogen-bond acceptors (Lipinski definition) is 4. The second-order valence-electron chi connectivity index (χ2n) is 7.21. The van der Waals surface area contributed by atoms with Crippen molar-refractivity contribution in [2.24, 2.45) is 5.92 Å². The topological polar surface area (TPSA) is 59.3 Å². The number of para-hydroxylation sites is 1. The number of carbonyl (C=O) groups excluding carboxylic acids is 1. The maximum atomic E-state index is 13.0. The molecule has 2 atom stereocenters. The number of nitriles is 1. The Hall–Kier alpha value is -2.29. The van der Waals surface area contributed by atoms with Crippen LogP contribution < -0.4 is 4.74 Å². The maximum absolute atomic E-state index is 13.0. The van der Waals surface area contributed by atoms with Gasteiger partial charge in [0, 0.05) is 10.6 Å². The molecule has 0 aromatic heterocycles. The summed E-state index contributed by atoms with van der Waals surface area (Å²) in [5, 5.41) is 10.2. The average Bonchev–Trinajstić information content (AvgIpc) is 2.74. The third-order valence-electron chi connectivity index (χ3n) is 4.64. The summed E-state index contributed by atoms with van der Waals surface area (Å²) in [6.45, 7) is 3.88. The fraction of sp³-hybridized carbons (Fsp3) is 0.200. The molecule has 0 aliphatic heterocycles. The van der Waals surface area contributed by atoms with Gasteiger partial charge >= 0.3 is 35.5 Å². The quantitative estimate of drug-likeness (QED) is 0.330. The molecule has 0 bridgehead atoms. The van der Waals surface area contributed by atoms with Gasteiger partial charge in [0.15, 0.2) is 0 Å². The summed E-state index contributed by atoms with van der Waals surface area (Å²) in [6, 6.07) is 25.5. The van der Waals surface area contributed by atoms with Gasteiger partial charge in [-0.3, -0.25) is 4.79 Å². The van der Waals surface area contributed by atoms with Crippen molar-refractivity contribution in [3.8, 4) is 17.6 Å². The van der Waals surface area contributed by atoms with E-state index >= 15 is 0 Å². The van der Waals surface area contributed by atoms with Crippen LogP contribution in [0.4, 0.5) is 0 Å². The van der Waals surface area contributed by atoms with E-state index in [9.17, 15) is 10.1 Å². The average molecular weight is 444 g/mol. The third-order valence-corrected chi connectivity index (χ3v) is 4.89. The molecule has 0 aliphatic rings. The van der Waals surface area contributed by atoms with Crippen LogP contribution in [0.2, 0.25) is 5.02 Å². The van der Waals surface area contributed by atoms with Crippen LogP contribution in [0.3, 0.4) is 0 Å². The van der Waals surface area contributed by atoms with Gasteiger partial charge in [0.1, 0.15) is 17.6 Å². The number of esters is 1. The van der Waals surface area contributed by atoms with Crippen molar-refractivity contribution in [2.45, 2.75) is 25.9 Å². The number of halogens is 1. The normalized spacial score (nSPS) is 12.2. The van der Waals surface area contributed by atoms with Crippen molar-refractivity contribution in [3.63, 3.8) is 0 Å². The van der Waals surface area contributed by atoms with Crippen molar-refractivity contribution in [1.82, 2.24) is 0 Å². The SMILES string of the molecule is CC(C)[C@H](C(=O)O[C@H](C#N)c1cccc(Oc2ccccc2)c1)c1ccc(Cl)cc1.[NaH]. The van der Waals surface area contributed by atoms with Crippen LogP contribution in [0.5, 0.6) is 11.5 Å². The monoisotopic (exact) mass is 443 g/mol. The molecular weight excluding hydrogens is 421 g/mol. The van der Waals surface area contributed by atoms with Crippen molar-refractivity contribution < 1.29 is 14.3 Å². The van der Waals surface area contributed by atoms with Gasteiger partial charge in [-0.2, -0.15) is 5.26 Å². The summed E-state index contributed by atoms with van der Waals surface area (Å²) in [7, 11) is 0. The summed E-state index contributed by atoms with van der Waals surface area (Å²) < 4.78 is 11.4. The van der Waals surface area contributed by atoms with E-state index < -0.39 is 18.0 Å². The van der Waals surface area contributed by atoms with Crippen molar-refractivity contribution >= 4 is 47.1 Å². The summed E-state index contributed by atoms with van der Waals surface area (Å²) in [5.74, 6) is 0.289. The molecule has 0 N–H and O–H groups in total. The number of ether oxygens (including phenoxy) is 2. The Labute approximate surface area is 210 Å². The molecule has 0 radical (unpaired) electrons. The molecule has 0 aliphatic carbocycles. The second-order valence-corrected chi connectivity index (χ2v) is 7.64. The summed E-state index contributed by atoms with van der Waals surface area (Å²) in [4.78, 5) is 13.0. The third kappa shape index (κ3) is 6.85. The van der Waals surface area contributed by atoms with Gasteiger partial charge in [0.05, 0.1) is 5.92 Å². The van der Waals surface area contributed by atoms with E-state index in [0.717, 1.165) is 5.56 Å². The fourth-order valence-corrected chi connectivity index (χ4v) is 3.31. The number of rotatable bonds is 7. The molecule has 0 spiro atoms. The molecule has 0 heterocycles. The first-order valence-electron chi connectivity index (χ1n) is 9.66. The zero-order valence-electron chi connectivity index (χ0n) is 16.8. The van der Waals surface area contributed by atoms with E-state index in [-0.39, 0.29) is 35.5 Å². The molecule has 0 saturated heterocycles. The summed E-state index contributed by atoms with van der Waals surface area (Å²) in [6.07, 6.45) is -1.04. The van der Waals surface area contributed by atoms with Gasteiger partial charge < -0.3 is 9.47 Å². The zero-order chi connectivity index (χ0) is 21.5. The first kappa shape index (κ1) is 25.0. The minimum atomic E-state index is -1.04. The number of hydrogen-bond donors (Lipinski definition) is 0. The number of nitrogens with zero attached hydrogens (tertiary/aromatic N) is 1. The summed E-state index contributed by atoms with van der Waals surface area (Å²) in [5.41, 5.74) is 1.36. The summed E-state index contributed by atoms with van der Waals surface area (Å²) >= 11 is 5.96. The molecular formula is C25H23ClNNaO3. The molecule has 154 valence electrons. The van der Waals surface area contributed by atoms with Gasteiger partial charge in [-0.15, -0.1) is 0 Å². The molecule has 0 amide bonds. The first-order chi connectivity index (χ1) is 14.5. The molecule has 31 heavy (non-hydrogen) atoms. The van der Waals surface area contributed by atoms with Crippen LogP contribution in [0.25, 0.3) is 0 Å². The van der Waals surface area contributed by atoms with Gasteiger partial charge in [-0.1, -0.05) is 67.9 Å². The van der Waals surface area contributed by atoms with E-state index in [4.69, 9.17) is 21.1 Å². The van der Waals surface area contributed by atoms with Gasteiger partial charge in [0.2, 0.25) is 6.10 Å². The van der Waals surface area contributed by atoms with Crippen LogP contribution >= 0.6 is 11.6 Å². The predicted octanol–water partition coefficient (Wildman–Crippen LogP) is 6.03. The van der Waals surface area contributed by atoms with Gasteiger partial charge in [0.25, 0.3) is 0 Å². The molecule has 0 unspecified atom stereocenters. The second kappa shape index (κ2) is 11.9. The van der Waals surface area contributed by atoms with E-state index in [2.05, 4.69) is 6.07 Å². The van der Waals surface area contributed by atoms with Crippen molar-refractivity contribution in [3.05, 3.63) is 95.0 Å². The van der Waals surface area contributed by atoms with Crippen LogP contribution in [0, 0.1) is 17.2 Å². The Bertz CT molecular complexity index is 1030. The number of carbonyl (C=O) groups is 1. The van der Waals surface area contributed by atoms with E-state index in [1.54, 1.807) is 36.4 Å². The number of benzene rings is 3. The Morgan fingerprint density at radius 1 is 0.903 bits per heavy atom. The molecule has 3 aromatic rings. The molecule has 4 nitrogen and oxygen atoms in total. The molecule has 6 heteroatoms. The van der Waals surface area contributed by atoms with E-state index in [1.807, 2.05) is 56.3 Å². The Morgan fingerprint density at radius 3 is 2.16 bits per heavy atom. The van der Waals surface area contributed by atoms with Crippen LogP contribution in [0.1, 0.15) is 37.0 Å². The fourth-order valence-electron chi connectivity index (χ4n) is 3.19. The molecule has 3 aromatic carbocycles. The first-order valence-corrected chi connectivity index (χ1v) is 10.0. The minimum absolute atomic E-state index is 0. The molecule has 3 rings (SSSR count). The predicted molar refractivity (Wildman–Crippen MR) is 124 cm³/mol. The van der Waals surface area contributed by atoms with Crippen LogP contribution in [0.15, 0.2) is 78.9 Å². The van der Waals surface area contributed by atoms with Gasteiger partial charge in [-0.05, 0) is 47.9 Å². The zero-order valence-corrected chi connectivity index (χ0v) is 17.5. The molecule has 0 fully saturated rings. The van der Waals surface area contributed by atoms with Crippen LogP contribution in [-0.2, 0) is 9.53 Å². The van der Waals surface area contributed by atoms with E-state index in [0.29, 0.717) is 22.1 Å². The Balaban J connectivity index is 0.00000341. The van der Waals surface area contributed by atoms with Crippen LogP contribution in [-0.4, -0.2) is 35.5 Å². The van der Waals surface area contributed by atoms with Crippen molar-refractivity contribution in [1.29, 1.82) is 5.26 Å². The van der Waals surface area contributed by atoms with E-state index in [1.165, 1.54) is 0 Å². The van der Waals surface area contributed by atoms with Gasteiger partial charge in [-0.25, -0.2) is 0 Å². The Kier molecular flexibility index (Phi) is 9.61. The van der Waals surface area contributed by atoms with Crippen molar-refractivity contribution in [2.75, 3.05) is 0 Å². The standard InChI is InChI=1S/C25H22ClNO3.Na.H/c1-17(2)24(18-11-13-20(26)14-12-18)25(28)30-23(16-27)19-7-6-10-22(15-19)29-21-8-4-3-5-9-21;;/h3-15,17,23-24H,1-2H3;;/t23-,24+;;/m1../s1.